The third-order valence-electron chi connectivity index (χ3n) is 5.80. The molecule has 4 rings (SSSR count). The average molecular weight is 427 g/mol. The highest BCUT2D eigenvalue weighted by Crippen LogP contribution is 2.43. The number of pyridine rings is 1. The molecule has 30 heavy (non-hydrogen) atoms. The lowest BCUT2D eigenvalue weighted by molar-refractivity contribution is -0.122. The molecule has 1 fully saturated rings. The topological polar surface area (TPSA) is 107 Å². The number of amides is 1. The summed E-state index contributed by atoms with van der Waals surface area (Å²) in [5.74, 6) is -0.0629. The maximum absolute atomic E-state index is 14.3. The summed E-state index contributed by atoms with van der Waals surface area (Å²) in [5, 5.41) is 12.4. The Balaban J connectivity index is 1.47. The van der Waals surface area contributed by atoms with Crippen LogP contribution in [0, 0.1) is 5.82 Å². The Bertz CT molecular complexity index is 1060. The van der Waals surface area contributed by atoms with Gasteiger partial charge in [0, 0.05) is 29.2 Å². The number of halogens is 1. The van der Waals surface area contributed by atoms with Gasteiger partial charge in [-0.3, -0.25) is 9.78 Å². The van der Waals surface area contributed by atoms with Crippen molar-refractivity contribution in [1.82, 2.24) is 20.2 Å². The molecule has 9 heteroatoms. The van der Waals surface area contributed by atoms with Crippen molar-refractivity contribution < 1.29 is 9.18 Å². The number of hydrogen-bond donors (Lipinski definition) is 2. The Kier molecular flexibility index (Phi) is 5.23. The Morgan fingerprint density at radius 3 is 2.67 bits per heavy atom. The maximum Gasteiger partial charge on any atom is 0.228 e. The minimum atomic E-state index is -0.789. The third kappa shape index (κ3) is 3.65. The number of thiazole rings is 1. The van der Waals surface area contributed by atoms with Crippen LogP contribution in [-0.4, -0.2) is 32.6 Å². The predicted octanol–water partition coefficient (Wildman–Crippen LogP) is 3.43. The molecule has 7 nitrogen and oxygen atoms in total. The number of carbonyl (C=O) groups is 1. The summed E-state index contributed by atoms with van der Waals surface area (Å²) >= 11 is 1.37. The summed E-state index contributed by atoms with van der Waals surface area (Å²) in [6.07, 6.45) is 6.11. The Hall–Kier alpha value is -2.94. The molecule has 0 saturated heterocycles. The molecular formula is C21H23FN6OS. The minimum absolute atomic E-state index is 0.265. The van der Waals surface area contributed by atoms with Gasteiger partial charge in [0.25, 0.3) is 0 Å². The lowest BCUT2D eigenvalue weighted by Gasteiger charge is -2.41. The van der Waals surface area contributed by atoms with E-state index >= 15 is 0 Å². The van der Waals surface area contributed by atoms with Gasteiger partial charge in [0.1, 0.15) is 22.3 Å². The summed E-state index contributed by atoms with van der Waals surface area (Å²) in [7, 11) is 0. The van der Waals surface area contributed by atoms with Gasteiger partial charge in [0.2, 0.25) is 5.91 Å². The van der Waals surface area contributed by atoms with Gasteiger partial charge in [0.05, 0.1) is 11.1 Å². The predicted molar refractivity (Wildman–Crippen MR) is 114 cm³/mol. The molecule has 0 bridgehead atoms. The van der Waals surface area contributed by atoms with E-state index in [0.29, 0.717) is 28.8 Å². The quantitative estimate of drug-likeness (QED) is 0.599. The van der Waals surface area contributed by atoms with E-state index in [1.165, 1.54) is 17.4 Å². The molecule has 0 aromatic carbocycles. The number of carbonyl (C=O) groups excluding carboxylic acids is 1. The Morgan fingerprint density at radius 2 is 2.07 bits per heavy atom. The highest BCUT2D eigenvalue weighted by atomic mass is 32.1. The number of rotatable bonds is 7. The summed E-state index contributed by atoms with van der Waals surface area (Å²) in [6, 6.07) is 6.71. The van der Waals surface area contributed by atoms with Gasteiger partial charge < -0.3 is 11.1 Å². The second kappa shape index (κ2) is 7.71. The molecule has 0 unspecified atom stereocenters. The number of nitrogens with zero attached hydrogens (tertiary/aromatic N) is 4. The number of hydrogen-bond acceptors (Lipinski definition) is 7. The van der Waals surface area contributed by atoms with E-state index in [1.54, 1.807) is 32.3 Å². The number of aromatic nitrogens is 4. The summed E-state index contributed by atoms with van der Waals surface area (Å²) in [6.45, 7) is 4.08. The second-order valence-electron chi connectivity index (χ2n) is 8.14. The minimum Gasteiger partial charge on any atom is -0.369 e. The largest absolute Gasteiger partial charge is 0.369 e. The molecule has 3 aromatic heterocycles. The first-order valence-corrected chi connectivity index (χ1v) is 10.6. The monoisotopic (exact) mass is 426 g/mol. The van der Waals surface area contributed by atoms with E-state index in [0.717, 1.165) is 24.1 Å². The number of primary amides is 1. The van der Waals surface area contributed by atoms with E-state index in [2.05, 4.69) is 25.5 Å². The van der Waals surface area contributed by atoms with Crippen LogP contribution in [0.15, 0.2) is 36.7 Å². The molecule has 1 saturated carbocycles. The third-order valence-corrected chi connectivity index (χ3v) is 7.14. The van der Waals surface area contributed by atoms with Gasteiger partial charge in [-0.1, -0.05) is 6.42 Å². The molecule has 1 aliphatic rings. The number of nitrogens with two attached hydrogens (primary N) is 1. The van der Waals surface area contributed by atoms with E-state index in [9.17, 15) is 9.18 Å². The van der Waals surface area contributed by atoms with E-state index in [1.807, 2.05) is 12.1 Å². The standard InChI is InChI=1S/C21H23FN6OS/c1-20(2,19(23)29)15-11-25-18(30-15)14-6-7-16(28-27-14)26-12-21(8-4-9-21)17-13(22)5-3-10-24-17/h3,5-7,10-11H,4,8-9,12H2,1-2H3,(H2,23,29)(H,26,28). The zero-order valence-electron chi connectivity index (χ0n) is 16.9. The van der Waals surface area contributed by atoms with E-state index < -0.39 is 11.3 Å². The van der Waals surface area contributed by atoms with Gasteiger partial charge in [-0.2, -0.15) is 0 Å². The first kappa shape index (κ1) is 20.3. The van der Waals surface area contributed by atoms with Crippen molar-refractivity contribution in [3.63, 3.8) is 0 Å². The van der Waals surface area contributed by atoms with Gasteiger partial charge >= 0.3 is 0 Å². The molecule has 3 aromatic rings. The van der Waals surface area contributed by atoms with Crippen molar-refractivity contribution in [3.8, 4) is 10.7 Å². The molecule has 1 amide bonds. The van der Waals surface area contributed by atoms with Crippen molar-refractivity contribution in [2.75, 3.05) is 11.9 Å². The lowest BCUT2D eigenvalue weighted by Crippen LogP contribution is -2.42. The molecule has 3 heterocycles. The highest BCUT2D eigenvalue weighted by Gasteiger charge is 2.41. The van der Waals surface area contributed by atoms with Crippen LogP contribution in [-0.2, 0) is 15.6 Å². The fraction of sp³-hybridized carbons (Fsp3) is 0.381. The molecule has 0 aliphatic heterocycles. The Morgan fingerprint density at radius 1 is 1.27 bits per heavy atom. The van der Waals surface area contributed by atoms with Gasteiger partial charge in [-0.25, -0.2) is 9.37 Å². The van der Waals surface area contributed by atoms with Crippen LogP contribution in [0.2, 0.25) is 0 Å². The fourth-order valence-corrected chi connectivity index (χ4v) is 4.47. The van der Waals surface area contributed by atoms with Crippen LogP contribution in [0.4, 0.5) is 10.2 Å². The van der Waals surface area contributed by atoms with Gasteiger partial charge in [-0.05, 0) is 51.0 Å². The Labute approximate surface area is 178 Å². The molecule has 0 spiro atoms. The van der Waals surface area contributed by atoms with Crippen LogP contribution in [0.25, 0.3) is 10.7 Å². The van der Waals surface area contributed by atoms with Crippen molar-refractivity contribution in [2.24, 2.45) is 5.73 Å². The zero-order valence-corrected chi connectivity index (χ0v) is 17.7. The maximum atomic E-state index is 14.3. The molecule has 1 aliphatic carbocycles. The van der Waals surface area contributed by atoms with Crippen molar-refractivity contribution in [1.29, 1.82) is 0 Å². The first-order chi connectivity index (χ1) is 14.3. The normalized spacial score (nSPS) is 15.4. The van der Waals surface area contributed by atoms with E-state index in [-0.39, 0.29) is 11.2 Å². The molecular weight excluding hydrogens is 403 g/mol. The van der Waals surface area contributed by atoms with Crippen molar-refractivity contribution in [3.05, 3.63) is 53.0 Å². The van der Waals surface area contributed by atoms with Crippen LogP contribution >= 0.6 is 11.3 Å². The summed E-state index contributed by atoms with van der Waals surface area (Å²) < 4.78 is 14.3. The summed E-state index contributed by atoms with van der Waals surface area (Å²) in [5.41, 5.74) is 5.51. The fourth-order valence-electron chi connectivity index (χ4n) is 3.48. The number of anilines is 1. The molecule has 156 valence electrons. The highest BCUT2D eigenvalue weighted by molar-refractivity contribution is 7.15. The molecule has 0 radical (unpaired) electrons. The van der Waals surface area contributed by atoms with Gasteiger partial charge in [0.15, 0.2) is 0 Å². The average Bonchev–Trinajstić information content (AvgIpc) is 3.20. The van der Waals surface area contributed by atoms with Gasteiger partial charge in [-0.15, -0.1) is 21.5 Å². The van der Waals surface area contributed by atoms with E-state index in [4.69, 9.17) is 5.73 Å². The van der Waals surface area contributed by atoms with Crippen LogP contribution in [0.3, 0.4) is 0 Å². The van der Waals surface area contributed by atoms with Crippen LogP contribution in [0.1, 0.15) is 43.7 Å². The zero-order chi connectivity index (χ0) is 21.4. The first-order valence-electron chi connectivity index (χ1n) is 9.77. The van der Waals surface area contributed by atoms with Crippen LogP contribution < -0.4 is 11.1 Å². The lowest BCUT2D eigenvalue weighted by atomic mass is 9.66. The molecule has 3 N–H and O–H groups in total. The number of nitrogens with one attached hydrogen (secondary N) is 1. The second-order valence-corrected chi connectivity index (χ2v) is 9.17. The molecule has 0 atom stereocenters. The smallest absolute Gasteiger partial charge is 0.228 e. The van der Waals surface area contributed by atoms with Crippen LogP contribution in [0.5, 0.6) is 0 Å². The van der Waals surface area contributed by atoms with Crippen molar-refractivity contribution in [2.45, 2.75) is 43.9 Å². The SMILES string of the molecule is CC(C)(C(N)=O)c1cnc(-c2ccc(NCC3(c4ncccc4F)CCC3)nn2)s1. The van der Waals surface area contributed by atoms with Crippen molar-refractivity contribution >= 4 is 23.1 Å². The summed E-state index contributed by atoms with van der Waals surface area (Å²) in [4.78, 5) is 21.1.